The molecule has 3 aromatic carbocycles. The average Bonchev–Trinajstić information content (AvgIpc) is 3.19. The zero-order valence-electron chi connectivity index (χ0n) is 16.1. The Balaban J connectivity index is 1.73. The second-order valence-electron chi connectivity index (χ2n) is 6.98. The first-order valence-electron chi connectivity index (χ1n) is 9.21. The monoisotopic (exact) mass is 452 g/mol. The number of fused-ring (bicyclic) bond motifs is 1. The zero-order valence-corrected chi connectivity index (χ0v) is 16.1. The number of ether oxygens (including phenoxy) is 1. The molecule has 1 unspecified atom stereocenters. The molecule has 1 heterocycles. The summed E-state index contributed by atoms with van der Waals surface area (Å²) < 4.78 is 88.5. The van der Waals surface area contributed by atoms with Gasteiger partial charge < -0.3 is 9.84 Å². The molecule has 32 heavy (non-hydrogen) atoms. The Morgan fingerprint density at radius 1 is 0.906 bits per heavy atom. The highest BCUT2D eigenvalue weighted by Crippen LogP contribution is 2.41. The summed E-state index contributed by atoms with van der Waals surface area (Å²) in [6.07, 6.45) is -3.97. The predicted octanol–water partition coefficient (Wildman–Crippen LogP) is 5.27. The first kappa shape index (κ1) is 21.7. The summed E-state index contributed by atoms with van der Waals surface area (Å²) in [4.78, 5) is 0. The molecule has 0 aliphatic heterocycles. The zero-order chi connectivity index (χ0) is 23.1. The third-order valence-corrected chi connectivity index (χ3v) is 4.94. The van der Waals surface area contributed by atoms with E-state index in [1.807, 2.05) is 0 Å². The van der Waals surface area contributed by atoms with Gasteiger partial charge >= 0.3 is 6.18 Å². The van der Waals surface area contributed by atoms with Crippen molar-refractivity contribution >= 4 is 10.9 Å². The summed E-state index contributed by atoms with van der Waals surface area (Å²) in [5, 5.41) is 14.9. The predicted molar refractivity (Wildman–Crippen MR) is 103 cm³/mol. The minimum Gasteiger partial charge on any atom is -0.484 e. The van der Waals surface area contributed by atoms with Crippen LogP contribution in [0.5, 0.6) is 5.75 Å². The maximum atomic E-state index is 13.8. The van der Waals surface area contributed by atoms with Crippen LogP contribution in [0.15, 0.2) is 66.9 Å². The number of benzene rings is 3. The van der Waals surface area contributed by atoms with E-state index in [1.165, 1.54) is 16.9 Å². The van der Waals surface area contributed by atoms with E-state index in [9.17, 15) is 31.4 Å². The smallest absolute Gasteiger partial charge is 0.424 e. The quantitative estimate of drug-likeness (QED) is 0.332. The van der Waals surface area contributed by atoms with Crippen LogP contribution in [0.2, 0.25) is 0 Å². The first-order valence-corrected chi connectivity index (χ1v) is 9.21. The lowest BCUT2D eigenvalue weighted by atomic mass is 9.93. The Bertz CT molecular complexity index is 1270. The van der Waals surface area contributed by atoms with Crippen molar-refractivity contribution in [2.24, 2.45) is 0 Å². The van der Waals surface area contributed by atoms with Gasteiger partial charge in [-0.15, -0.1) is 0 Å². The molecule has 0 saturated carbocycles. The van der Waals surface area contributed by atoms with Crippen LogP contribution in [0.1, 0.15) is 5.56 Å². The maximum absolute atomic E-state index is 13.8. The normalized spacial score (nSPS) is 13.8. The van der Waals surface area contributed by atoms with Crippen molar-refractivity contribution in [3.8, 4) is 11.4 Å². The number of hydrogen-bond acceptors (Lipinski definition) is 3. The van der Waals surface area contributed by atoms with Gasteiger partial charge in [-0.2, -0.15) is 22.7 Å². The summed E-state index contributed by atoms with van der Waals surface area (Å²) in [7, 11) is 0. The summed E-state index contributed by atoms with van der Waals surface area (Å²) in [5.41, 5.74) is -3.14. The van der Waals surface area contributed by atoms with E-state index in [0.717, 1.165) is 12.1 Å². The Kier molecular flexibility index (Phi) is 5.33. The molecule has 1 N–H and O–H groups in total. The molecule has 10 heteroatoms. The van der Waals surface area contributed by atoms with E-state index in [4.69, 9.17) is 0 Å². The molecule has 1 aromatic heterocycles. The Morgan fingerprint density at radius 2 is 1.59 bits per heavy atom. The van der Waals surface area contributed by atoms with Crippen LogP contribution in [0.25, 0.3) is 16.6 Å². The molecule has 1 atom stereocenters. The summed E-state index contributed by atoms with van der Waals surface area (Å²) in [5.74, 6) is -6.07. The van der Waals surface area contributed by atoms with Gasteiger partial charge in [-0.3, -0.25) is 0 Å². The lowest BCUT2D eigenvalue weighted by Gasteiger charge is -2.31. The van der Waals surface area contributed by atoms with Crippen molar-refractivity contribution in [3.05, 3.63) is 89.9 Å². The van der Waals surface area contributed by atoms with Gasteiger partial charge in [-0.1, -0.05) is 24.3 Å². The van der Waals surface area contributed by atoms with Crippen molar-refractivity contribution in [3.63, 3.8) is 0 Å². The summed E-state index contributed by atoms with van der Waals surface area (Å²) in [6, 6.07) is 13.2. The van der Waals surface area contributed by atoms with E-state index in [-0.39, 0.29) is 5.39 Å². The molecule has 4 aromatic rings. The third-order valence-electron chi connectivity index (χ3n) is 4.94. The van der Waals surface area contributed by atoms with Gasteiger partial charge in [0, 0.05) is 5.39 Å². The second kappa shape index (κ2) is 7.86. The minimum atomic E-state index is -5.28. The van der Waals surface area contributed by atoms with Crippen LogP contribution in [0.4, 0.5) is 26.3 Å². The number of aromatic nitrogens is 2. The fourth-order valence-electron chi connectivity index (χ4n) is 3.21. The maximum Gasteiger partial charge on any atom is 0.424 e. The van der Waals surface area contributed by atoms with E-state index < -0.39 is 47.1 Å². The average molecular weight is 452 g/mol. The third kappa shape index (κ3) is 3.66. The van der Waals surface area contributed by atoms with Crippen molar-refractivity contribution < 1.29 is 36.2 Å². The first-order chi connectivity index (χ1) is 15.1. The van der Waals surface area contributed by atoms with Crippen molar-refractivity contribution in [2.45, 2.75) is 11.8 Å². The Morgan fingerprint density at radius 3 is 2.28 bits per heavy atom. The highest BCUT2D eigenvalue weighted by Gasteiger charge is 2.56. The van der Waals surface area contributed by atoms with Crippen molar-refractivity contribution in [1.29, 1.82) is 0 Å². The van der Waals surface area contributed by atoms with Gasteiger partial charge in [0.25, 0.3) is 0 Å². The summed E-state index contributed by atoms with van der Waals surface area (Å²) in [6.45, 7) is -1.61. The Labute approximate surface area is 177 Å². The lowest BCUT2D eigenvalue weighted by Crippen LogP contribution is -2.47. The SMILES string of the molecule is OC(COc1c(F)ccc(F)c1F)(c1ccc2c(cnn2-c2ccccc2)c1)C(F)(F)F. The van der Waals surface area contributed by atoms with Crippen LogP contribution in [-0.2, 0) is 5.60 Å². The van der Waals surface area contributed by atoms with Gasteiger partial charge in [0.15, 0.2) is 17.4 Å². The molecule has 4 nitrogen and oxygen atoms in total. The number of rotatable bonds is 5. The van der Waals surface area contributed by atoms with E-state index >= 15 is 0 Å². The van der Waals surface area contributed by atoms with Crippen LogP contribution in [0.3, 0.4) is 0 Å². The molecule has 0 amide bonds. The minimum absolute atomic E-state index is 0.275. The molecular formula is C22H14F6N2O2. The molecule has 4 rings (SSSR count). The van der Waals surface area contributed by atoms with Crippen molar-refractivity contribution in [2.75, 3.05) is 6.61 Å². The molecular weight excluding hydrogens is 438 g/mol. The molecule has 0 radical (unpaired) electrons. The van der Waals surface area contributed by atoms with Gasteiger partial charge in [0.1, 0.15) is 6.61 Å². The van der Waals surface area contributed by atoms with Crippen LogP contribution >= 0.6 is 0 Å². The van der Waals surface area contributed by atoms with Gasteiger partial charge in [0.05, 0.1) is 17.4 Å². The largest absolute Gasteiger partial charge is 0.484 e. The van der Waals surface area contributed by atoms with Gasteiger partial charge in [-0.25, -0.2) is 13.5 Å². The topological polar surface area (TPSA) is 47.3 Å². The highest BCUT2D eigenvalue weighted by atomic mass is 19.4. The summed E-state index contributed by atoms with van der Waals surface area (Å²) >= 11 is 0. The number of halogens is 6. The highest BCUT2D eigenvalue weighted by molar-refractivity contribution is 5.81. The lowest BCUT2D eigenvalue weighted by molar-refractivity contribution is -0.275. The fourth-order valence-corrected chi connectivity index (χ4v) is 3.21. The molecule has 0 spiro atoms. The molecule has 0 bridgehead atoms. The number of alkyl halides is 3. The number of aliphatic hydroxyl groups is 1. The van der Waals surface area contributed by atoms with Gasteiger partial charge in [-0.05, 0) is 42.0 Å². The molecule has 0 aliphatic carbocycles. The molecule has 0 fully saturated rings. The van der Waals surface area contributed by atoms with Crippen molar-refractivity contribution in [1.82, 2.24) is 9.78 Å². The molecule has 0 saturated heterocycles. The van der Waals surface area contributed by atoms with Crippen LogP contribution < -0.4 is 4.74 Å². The van der Waals surface area contributed by atoms with Crippen LogP contribution in [0, 0.1) is 17.5 Å². The number of hydrogen-bond donors (Lipinski definition) is 1. The van der Waals surface area contributed by atoms with E-state index in [2.05, 4.69) is 9.84 Å². The number of para-hydroxylation sites is 1. The molecule has 0 aliphatic rings. The fraction of sp³-hybridized carbons (Fsp3) is 0.136. The number of nitrogens with zero attached hydrogens (tertiary/aromatic N) is 2. The van der Waals surface area contributed by atoms with E-state index in [1.54, 1.807) is 30.3 Å². The second-order valence-corrected chi connectivity index (χ2v) is 6.98. The standard InChI is InChI=1S/C22H14F6N2O2/c23-16-7-8-17(24)20(19(16)25)32-12-21(31,22(26,27)28)14-6-9-18-13(10-14)11-29-30(18)15-4-2-1-3-5-15/h1-11,31H,12H2. The molecule has 166 valence electrons. The Hall–Kier alpha value is -3.53. The van der Waals surface area contributed by atoms with Gasteiger partial charge in [0.2, 0.25) is 11.4 Å². The van der Waals surface area contributed by atoms with Crippen LogP contribution in [-0.4, -0.2) is 27.7 Å². The van der Waals surface area contributed by atoms with E-state index in [0.29, 0.717) is 23.3 Å².